The Labute approximate surface area is 161 Å². The van der Waals surface area contributed by atoms with Gasteiger partial charge in [-0.25, -0.2) is 12.8 Å². The highest BCUT2D eigenvalue weighted by Gasteiger charge is 2.29. The SMILES string of the molecule is C[C@H](Sc1nnc(C[C@@H]2CCS(=O)(=O)C2)n1C)C(=O)Nc1ccc(F)cc1. The number of carbonyl (C=O) groups is 1. The largest absolute Gasteiger partial charge is 0.325 e. The van der Waals surface area contributed by atoms with Gasteiger partial charge in [-0.3, -0.25) is 4.79 Å². The lowest BCUT2D eigenvalue weighted by molar-refractivity contribution is -0.115. The lowest BCUT2D eigenvalue weighted by Gasteiger charge is -2.12. The second-order valence-corrected chi connectivity index (χ2v) is 10.2. The summed E-state index contributed by atoms with van der Waals surface area (Å²) in [6, 6.07) is 5.57. The molecule has 146 valence electrons. The van der Waals surface area contributed by atoms with Crippen molar-refractivity contribution < 1.29 is 17.6 Å². The van der Waals surface area contributed by atoms with Gasteiger partial charge in [-0.2, -0.15) is 0 Å². The van der Waals surface area contributed by atoms with Crippen molar-refractivity contribution in [3.63, 3.8) is 0 Å². The van der Waals surface area contributed by atoms with E-state index in [9.17, 15) is 17.6 Å². The fourth-order valence-corrected chi connectivity index (χ4v) is 5.60. The van der Waals surface area contributed by atoms with Crippen LogP contribution in [0.25, 0.3) is 0 Å². The summed E-state index contributed by atoms with van der Waals surface area (Å²) in [4.78, 5) is 12.3. The molecule has 1 aliphatic rings. The summed E-state index contributed by atoms with van der Waals surface area (Å²) in [6.45, 7) is 1.75. The Hall–Kier alpha value is -1.94. The normalized spacial score (nSPS) is 19.7. The zero-order chi connectivity index (χ0) is 19.6. The van der Waals surface area contributed by atoms with E-state index in [0.717, 1.165) is 0 Å². The van der Waals surface area contributed by atoms with Crippen LogP contribution < -0.4 is 5.32 Å². The number of nitrogens with zero attached hydrogens (tertiary/aromatic N) is 3. The number of benzene rings is 1. The Morgan fingerprint density at radius 1 is 1.37 bits per heavy atom. The first-order valence-corrected chi connectivity index (χ1v) is 11.3. The summed E-state index contributed by atoms with van der Waals surface area (Å²) in [5.41, 5.74) is 0.523. The molecule has 0 bridgehead atoms. The Kier molecular flexibility index (Phi) is 5.85. The Morgan fingerprint density at radius 3 is 2.70 bits per heavy atom. The smallest absolute Gasteiger partial charge is 0.237 e. The first-order chi connectivity index (χ1) is 12.7. The summed E-state index contributed by atoms with van der Waals surface area (Å²) < 4.78 is 37.9. The molecule has 0 unspecified atom stereocenters. The molecular weight excluding hydrogens is 391 g/mol. The quantitative estimate of drug-likeness (QED) is 0.730. The second-order valence-electron chi connectivity index (χ2n) is 6.69. The maximum atomic E-state index is 12.9. The van der Waals surface area contributed by atoms with Crippen molar-refractivity contribution in [1.82, 2.24) is 14.8 Å². The molecule has 2 heterocycles. The lowest BCUT2D eigenvalue weighted by atomic mass is 10.1. The third-order valence-electron chi connectivity index (χ3n) is 4.49. The average Bonchev–Trinajstić information content (AvgIpc) is 3.13. The highest BCUT2D eigenvalue weighted by Crippen LogP contribution is 2.26. The predicted molar refractivity (Wildman–Crippen MR) is 102 cm³/mol. The van der Waals surface area contributed by atoms with Gasteiger partial charge in [-0.1, -0.05) is 11.8 Å². The van der Waals surface area contributed by atoms with E-state index >= 15 is 0 Å². The van der Waals surface area contributed by atoms with E-state index in [2.05, 4.69) is 15.5 Å². The highest BCUT2D eigenvalue weighted by molar-refractivity contribution is 8.00. The molecule has 1 aromatic carbocycles. The van der Waals surface area contributed by atoms with Gasteiger partial charge in [0.2, 0.25) is 5.91 Å². The molecule has 1 N–H and O–H groups in total. The minimum absolute atomic E-state index is 0.0648. The molecule has 2 aromatic rings. The van der Waals surface area contributed by atoms with Crippen LogP contribution in [0.3, 0.4) is 0 Å². The molecule has 1 aliphatic heterocycles. The molecule has 1 aromatic heterocycles. The van der Waals surface area contributed by atoms with Crippen LogP contribution in [0.1, 0.15) is 19.2 Å². The molecule has 2 atom stereocenters. The van der Waals surface area contributed by atoms with Gasteiger partial charge >= 0.3 is 0 Å². The number of thioether (sulfide) groups is 1. The number of anilines is 1. The molecule has 3 rings (SSSR count). The van der Waals surface area contributed by atoms with Gasteiger partial charge in [-0.15, -0.1) is 10.2 Å². The van der Waals surface area contributed by atoms with Crippen molar-refractivity contribution in [3.8, 4) is 0 Å². The highest BCUT2D eigenvalue weighted by atomic mass is 32.2. The van der Waals surface area contributed by atoms with Crippen molar-refractivity contribution in [1.29, 1.82) is 0 Å². The Balaban J connectivity index is 1.59. The molecule has 1 saturated heterocycles. The van der Waals surface area contributed by atoms with E-state index in [1.807, 2.05) is 7.05 Å². The molecule has 0 aliphatic carbocycles. The molecule has 1 amide bonds. The van der Waals surface area contributed by atoms with Gasteiger partial charge in [0.05, 0.1) is 16.8 Å². The van der Waals surface area contributed by atoms with E-state index in [4.69, 9.17) is 0 Å². The molecule has 0 saturated carbocycles. The van der Waals surface area contributed by atoms with Gasteiger partial charge in [0.15, 0.2) is 15.0 Å². The number of hydrogen-bond acceptors (Lipinski definition) is 6. The van der Waals surface area contributed by atoms with E-state index in [-0.39, 0.29) is 29.1 Å². The molecule has 27 heavy (non-hydrogen) atoms. The maximum Gasteiger partial charge on any atom is 0.237 e. The Bertz CT molecular complexity index is 928. The summed E-state index contributed by atoms with van der Waals surface area (Å²) in [7, 11) is -1.11. The monoisotopic (exact) mass is 412 g/mol. The van der Waals surface area contributed by atoms with Crippen LogP contribution in [-0.2, 0) is 28.1 Å². The van der Waals surface area contributed by atoms with Gasteiger partial charge in [0.1, 0.15) is 11.6 Å². The van der Waals surface area contributed by atoms with Gasteiger partial charge in [-0.05, 0) is 43.5 Å². The number of sulfone groups is 1. The number of hydrogen-bond donors (Lipinski definition) is 1. The van der Waals surface area contributed by atoms with Crippen molar-refractivity contribution in [2.45, 2.75) is 30.2 Å². The fourth-order valence-electron chi connectivity index (χ4n) is 2.91. The minimum atomic E-state index is -2.92. The standard InChI is InChI=1S/C17H21FN4O3S2/c1-11(16(23)19-14-5-3-13(18)4-6-14)26-17-21-20-15(22(17)2)9-12-7-8-27(24,25)10-12/h3-6,11-12H,7-10H2,1-2H3,(H,19,23)/t11-,12-/m0/s1. The third-order valence-corrected chi connectivity index (χ3v) is 7.46. The van der Waals surface area contributed by atoms with Gasteiger partial charge in [0, 0.05) is 19.2 Å². The van der Waals surface area contributed by atoms with Crippen LogP contribution in [0.2, 0.25) is 0 Å². The van der Waals surface area contributed by atoms with E-state index in [0.29, 0.717) is 29.5 Å². The van der Waals surface area contributed by atoms with Crippen LogP contribution in [-0.4, -0.2) is 45.8 Å². The maximum absolute atomic E-state index is 12.9. The van der Waals surface area contributed by atoms with Crippen molar-refractivity contribution in [2.24, 2.45) is 13.0 Å². The van der Waals surface area contributed by atoms with Crippen LogP contribution in [0.4, 0.5) is 10.1 Å². The minimum Gasteiger partial charge on any atom is -0.325 e. The zero-order valence-electron chi connectivity index (χ0n) is 15.1. The van der Waals surface area contributed by atoms with Crippen LogP contribution in [0, 0.1) is 11.7 Å². The number of nitrogens with one attached hydrogen (secondary N) is 1. The molecular formula is C17H21FN4O3S2. The molecule has 1 fully saturated rings. The van der Waals surface area contributed by atoms with E-state index in [1.54, 1.807) is 11.5 Å². The predicted octanol–water partition coefficient (Wildman–Crippen LogP) is 2.05. The van der Waals surface area contributed by atoms with Crippen LogP contribution >= 0.6 is 11.8 Å². The molecule has 7 nitrogen and oxygen atoms in total. The molecule has 0 radical (unpaired) electrons. The number of aromatic nitrogens is 3. The summed E-state index contributed by atoms with van der Waals surface area (Å²) in [5, 5.41) is 11.2. The number of carbonyl (C=O) groups excluding carboxylic acids is 1. The Morgan fingerprint density at radius 2 is 2.07 bits per heavy atom. The topological polar surface area (TPSA) is 93.9 Å². The zero-order valence-corrected chi connectivity index (χ0v) is 16.7. The van der Waals surface area contributed by atoms with E-state index in [1.165, 1.54) is 36.0 Å². The van der Waals surface area contributed by atoms with Crippen molar-refractivity contribution >= 4 is 33.2 Å². The number of halogens is 1. The van der Waals surface area contributed by atoms with E-state index < -0.39 is 15.1 Å². The van der Waals surface area contributed by atoms with Crippen molar-refractivity contribution in [2.75, 3.05) is 16.8 Å². The summed E-state index contributed by atoms with van der Waals surface area (Å²) >= 11 is 1.26. The molecule has 0 spiro atoms. The van der Waals surface area contributed by atoms with Crippen LogP contribution in [0.15, 0.2) is 29.4 Å². The van der Waals surface area contributed by atoms with Gasteiger partial charge < -0.3 is 9.88 Å². The van der Waals surface area contributed by atoms with Crippen LogP contribution in [0.5, 0.6) is 0 Å². The third kappa shape index (κ3) is 5.07. The average molecular weight is 413 g/mol. The molecule has 10 heteroatoms. The van der Waals surface area contributed by atoms with Gasteiger partial charge in [0.25, 0.3) is 0 Å². The summed E-state index contributed by atoms with van der Waals surface area (Å²) in [6.07, 6.45) is 1.20. The lowest BCUT2D eigenvalue weighted by Crippen LogP contribution is -2.22. The van der Waals surface area contributed by atoms with Crippen molar-refractivity contribution in [3.05, 3.63) is 35.9 Å². The number of amides is 1. The second kappa shape index (κ2) is 7.97. The first kappa shape index (κ1) is 19.8. The number of rotatable bonds is 6. The summed E-state index contributed by atoms with van der Waals surface area (Å²) in [5.74, 6) is 0.618. The first-order valence-electron chi connectivity index (χ1n) is 8.55. The fraction of sp³-hybridized carbons (Fsp3) is 0.471.